The van der Waals surface area contributed by atoms with Crippen molar-refractivity contribution >= 4 is 29.0 Å². The number of halogens is 4. The molecule has 1 unspecified atom stereocenters. The van der Waals surface area contributed by atoms with Gasteiger partial charge in [-0.3, -0.25) is 4.79 Å². The number of ether oxygens (including phenoxy) is 1. The van der Waals surface area contributed by atoms with Crippen LogP contribution in [-0.4, -0.2) is 41.6 Å². The summed E-state index contributed by atoms with van der Waals surface area (Å²) >= 11 is 6.55. The number of carboxylic acid groups (broad SMARTS) is 1. The number of Topliss-reactive ketones (excluding diaryl/α,β-unsaturated/α-hetero) is 1. The maximum Gasteiger partial charge on any atom is 0.387 e. The number of ketones is 1. The molecule has 2 aromatic rings. The smallest absolute Gasteiger partial charge is 0.387 e. The number of hydrogen-bond donors (Lipinski definition) is 0. The van der Waals surface area contributed by atoms with Gasteiger partial charge in [0.1, 0.15) is 23.4 Å². The van der Waals surface area contributed by atoms with Crippen LogP contribution in [0.15, 0.2) is 47.7 Å². The zero-order valence-electron chi connectivity index (χ0n) is 24.1. The molecule has 7 nitrogen and oxygen atoms in total. The van der Waals surface area contributed by atoms with Crippen LogP contribution in [0.25, 0.3) is 0 Å². The van der Waals surface area contributed by atoms with Crippen molar-refractivity contribution in [2.45, 2.75) is 90.1 Å². The Bertz CT molecular complexity index is 1470. The summed E-state index contributed by atoms with van der Waals surface area (Å²) in [7, 11) is 0. The molecule has 1 saturated carbocycles. The second kappa shape index (κ2) is 11.0. The molecular weight excluding hydrogens is 585 g/mol. The van der Waals surface area contributed by atoms with Gasteiger partial charge in [-0.15, -0.1) is 5.06 Å². The van der Waals surface area contributed by atoms with Gasteiger partial charge in [-0.2, -0.15) is 8.78 Å². The summed E-state index contributed by atoms with van der Waals surface area (Å²) in [5, 5.41) is 14.2. The minimum absolute atomic E-state index is 0.0694. The van der Waals surface area contributed by atoms with Crippen LogP contribution in [0, 0.1) is 17.2 Å². The van der Waals surface area contributed by atoms with Crippen molar-refractivity contribution in [1.29, 1.82) is 0 Å². The van der Waals surface area contributed by atoms with Crippen molar-refractivity contribution in [2.24, 2.45) is 11.3 Å². The number of nitrogens with zero attached hydrogens (tertiary/aromatic N) is 2. The molecule has 43 heavy (non-hydrogen) atoms. The molecular formula is C32H33ClF3N2O5-. The highest BCUT2D eigenvalue weighted by atomic mass is 35.5. The average Bonchev–Trinajstić information content (AvgIpc) is 3.65. The highest BCUT2D eigenvalue weighted by Crippen LogP contribution is 2.54. The molecule has 0 aromatic heterocycles. The van der Waals surface area contributed by atoms with E-state index in [1.165, 1.54) is 24.3 Å². The summed E-state index contributed by atoms with van der Waals surface area (Å²) in [6, 6.07) is 7.27. The first-order chi connectivity index (χ1) is 20.3. The maximum absolute atomic E-state index is 15.5. The quantitative estimate of drug-likeness (QED) is 0.326. The van der Waals surface area contributed by atoms with Gasteiger partial charge < -0.3 is 24.4 Å². The van der Waals surface area contributed by atoms with Crippen molar-refractivity contribution in [3.8, 4) is 5.75 Å². The van der Waals surface area contributed by atoms with Crippen LogP contribution in [0.3, 0.4) is 0 Å². The predicted molar refractivity (Wildman–Crippen MR) is 151 cm³/mol. The molecule has 0 radical (unpaired) electrons. The molecule has 6 rings (SSSR count). The molecule has 3 heterocycles. The van der Waals surface area contributed by atoms with Gasteiger partial charge in [-0.05, 0) is 68.9 Å². The summed E-state index contributed by atoms with van der Waals surface area (Å²) in [4.78, 5) is 33.7. The third kappa shape index (κ3) is 5.48. The summed E-state index contributed by atoms with van der Waals surface area (Å²) in [6.45, 7) is 2.23. The standard InChI is InChI=1S/C32H34ClF3N2O5/c1-32(2,3)29(39)17-9-12-23(22(34)13-17)37-18-10-11-19(37)15-20(14-18)38-27(26(30(40)41)28(43-38)16-7-8-16)25-21(33)5-4-6-24(25)42-31(35)36/h4-6,9,12-13,16,18-20,27,31H,7-8,10-11,14-15H2,1-3H3,(H,40,41)/p-1/t18-,19+,20?,27-/m0/s1. The number of carbonyl (C=O) groups excluding carboxylic acids is 2. The SMILES string of the molecule is CC(C)(C)C(=O)c1ccc(N2[C@@H]3CC[C@H]2CC(N2OC(C4CC4)=C(C(=O)[O-])[C@@H]2c2c(Cl)cccc2OC(F)F)C3)c(F)c1. The zero-order valence-corrected chi connectivity index (χ0v) is 24.9. The van der Waals surface area contributed by atoms with Crippen molar-refractivity contribution in [3.63, 3.8) is 0 Å². The first kappa shape index (κ1) is 29.8. The number of hydroxylamine groups is 2. The van der Waals surface area contributed by atoms with E-state index < -0.39 is 29.9 Å². The predicted octanol–water partition coefficient (Wildman–Crippen LogP) is 6.21. The number of alkyl halides is 2. The van der Waals surface area contributed by atoms with E-state index in [9.17, 15) is 23.5 Å². The van der Waals surface area contributed by atoms with Crippen LogP contribution in [0.1, 0.15) is 81.3 Å². The Morgan fingerprint density at radius 2 is 1.72 bits per heavy atom. The number of hydrogen-bond acceptors (Lipinski definition) is 7. The normalized spacial score (nSPS) is 25.8. The van der Waals surface area contributed by atoms with Gasteiger partial charge >= 0.3 is 6.61 Å². The second-order valence-corrected chi connectivity index (χ2v) is 13.3. The number of aliphatic carboxylic acids is 1. The minimum Gasteiger partial charge on any atom is -0.545 e. The topological polar surface area (TPSA) is 82.1 Å². The zero-order chi connectivity index (χ0) is 30.8. The average molecular weight is 618 g/mol. The Labute approximate surface area is 253 Å². The number of rotatable bonds is 8. The van der Waals surface area contributed by atoms with E-state index in [4.69, 9.17) is 21.2 Å². The third-order valence-electron chi connectivity index (χ3n) is 8.90. The second-order valence-electron chi connectivity index (χ2n) is 12.9. The molecule has 4 aliphatic rings. The lowest BCUT2D eigenvalue weighted by atomic mass is 9.86. The van der Waals surface area contributed by atoms with Gasteiger partial charge in [0.15, 0.2) is 5.78 Å². The number of allylic oxidation sites excluding steroid dienone is 1. The fourth-order valence-corrected chi connectivity index (χ4v) is 7.18. The van der Waals surface area contributed by atoms with E-state index in [2.05, 4.69) is 4.90 Å². The minimum atomic E-state index is -3.15. The fraction of sp³-hybridized carbons (Fsp3) is 0.500. The molecule has 2 bridgehead atoms. The van der Waals surface area contributed by atoms with Crippen LogP contribution in [-0.2, 0) is 9.63 Å². The van der Waals surface area contributed by atoms with E-state index in [1.807, 2.05) is 0 Å². The number of carboxylic acids is 1. The summed E-state index contributed by atoms with van der Waals surface area (Å²) in [6.07, 6.45) is 4.05. The molecule has 2 aromatic carbocycles. The molecule has 3 aliphatic heterocycles. The fourth-order valence-electron chi connectivity index (χ4n) is 6.91. The van der Waals surface area contributed by atoms with Crippen molar-refractivity contribution in [1.82, 2.24) is 5.06 Å². The van der Waals surface area contributed by atoms with Crippen molar-refractivity contribution < 1.29 is 37.4 Å². The first-order valence-corrected chi connectivity index (χ1v) is 15.0. The Kier molecular flexibility index (Phi) is 7.65. The third-order valence-corrected chi connectivity index (χ3v) is 9.23. The monoisotopic (exact) mass is 617 g/mol. The van der Waals surface area contributed by atoms with Crippen LogP contribution >= 0.6 is 11.6 Å². The summed E-state index contributed by atoms with van der Waals surface area (Å²) < 4.78 is 47.1. The highest BCUT2D eigenvalue weighted by molar-refractivity contribution is 6.31. The van der Waals surface area contributed by atoms with Gasteiger partial charge in [-0.1, -0.05) is 38.4 Å². The van der Waals surface area contributed by atoms with Crippen LogP contribution in [0.5, 0.6) is 5.75 Å². The van der Waals surface area contributed by atoms with E-state index in [0.717, 1.165) is 25.7 Å². The molecule has 230 valence electrons. The lowest BCUT2D eigenvalue weighted by Gasteiger charge is -2.44. The molecule has 0 spiro atoms. The first-order valence-electron chi connectivity index (χ1n) is 14.6. The lowest BCUT2D eigenvalue weighted by molar-refractivity contribution is -0.300. The molecule has 0 N–H and O–H groups in total. The number of anilines is 1. The molecule has 11 heteroatoms. The van der Waals surface area contributed by atoms with Gasteiger partial charge in [0.05, 0.1) is 17.7 Å². The number of fused-ring (bicyclic) bond motifs is 2. The van der Waals surface area contributed by atoms with E-state index in [1.54, 1.807) is 38.0 Å². The Morgan fingerprint density at radius 3 is 2.28 bits per heavy atom. The molecule has 0 amide bonds. The van der Waals surface area contributed by atoms with Crippen LogP contribution in [0.2, 0.25) is 5.02 Å². The Hall–Kier alpha value is -3.24. The van der Waals surface area contributed by atoms with Crippen molar-refractivity contribution in [2.75, 3.05) is 4.90 Å². The van der Waals surface area contributed by atoms with E-state index in [-0.39, 0.29) is 57.5 Å². The number of carbonyl (C=O) groups is 2. The molecule has 2 saturated heterocycles. The largest absolute Gasteiger partial charge is 0.545 e. The maximum atomic E-state index is 15.5. The molecule has 4 atom stereocenters. The van der Waals surface area contributed by atoms with E-state index in [0.29, 0.717) is 24.1 Å². The molecule has 3 fully saturated rings. The van der Waals surface area contributed by atoms with Crippen LogP contribution < -0.4 is 14.7 Å². The summed E-state index contributed by atoms with van der Waals surface area (Å²) in [5.41, 5.74) is 0.0476. The van der Waals surface area contributed by atoms with Crippen LogP contribution in [0.4, 0.5) is 18.9 Å². The summed E-state index contributed by atoms with van der Waals surface area (Å²) in [5.74, 6) is -2.14. The van der Waals surface area contributed by atoms with Gasteiger partial charge in [0, 0.05) is 45.1 Å². The Balaban J connectivity index is 1.33. The lowest BCUT2D eigenvalue weighted by Crippen LogP contribution is -2.51. The Morgan fingerprint density at radius 1 is 1.05 bits per heavy atom. The van der Waals surface area contributed by atoms with E-state index >= 15 is 4.39 Å². The van der Waals surface area contributed by atoms with Crippen molar-refractivity contribution in [3.05, 3.63) is 69.7 Å². The van der Waals surface area contributed by atoms with Gasteiger partial charge in [-0.25, -0.2) is 4.39 Å². The highest BCUT2D eigenvalue weighted by Gasteiger charge is 2.51. The number of piperidine rings is 1. The van der Waals surface area contributed by atoms with Gasteiger partial charge in [0.2, 0.25) is 0 Å². The molecule has 1 aliphatic carbocycles. The number of benzene rings is 2. The van der Waals surface area contributed by atoms with Gasteiger partial charge in [0.25, 0.3) is 0 Å².